The van der Waals surface area contributed by atoms with Gasteiger partial charge in [-0.3, -0.25) is 4.98 Å². The Morgan fingerprint density at radius 3 is 2.38 bits per heavy atom. The molecular weight excluding hydrogens is 288 g/mol. The molecule has 1 aromatic heterocycles. The third kappa shape index (κ3) is 4.39. The van der Waals surface area contributed by atoms with Crippen LogP contribution in [-0.2, 0) is 16.6 Å². The van der Waals surface area contributed by atoms with Gasteiger partial charge in [-0.2, -0.15) is 0 Å². The van der Waals surface area contributed by atoms with Crippen LogP contribution in [0.15, 0.2) is 53.7 Å². The highest BCUT2D eigenvalue weighted by molar-refractivity contribution is 7.89. The Morgan fingerprint density at radius 1 is 1.10 bits per heavy atom. The van der Waals surface area contributed by atoms with Crippen molar-refractivity contribution in [2.24, 2.45) is 0 Å². The van der Waals surface area contributed by atoms with Crippen LogP contribution >= 0.6 is 0 Å². The summed E-state index contributed by atoms with van der Waals surface area (Å²) in [5.74, 6) is 5.21. The molecule has 6 heteroatoms. The molecule has 0 atom stereocenters. The van der Waals surface area contributed by atoms with Gasteiger partial charge >= 0.3 is 0 Å². The fourth-order valence-electron chi connectivity index (χ4n) is 1.62. The predicted octanol–water partition coefficient (Wildman–Crippen LogP) is 0.904. The van der Waals surface area contributed by atoms with E-state index in [0.29, 0.717) is 5.56 Å². The number of rotatable bonds is 4. The lowest BCUT2D eigenvalue weighted by atomic mass is 10.2. The van der Waals surface area contributed by atoms with Gasteiger partial charge in [0.25, 0.3) is 0 Å². The Bertz CT molecular complexity index is 745. The second-order valence-corrected chi connectivity index (χ2v) is 5.93. The summed E-state index contributed by atoms with van der Waals surface area (Å²) in [6.45, 7) is -0.0234. The Kier molecular flexibility index (Phi) is 5.06. The predicted molar refractivity (Wildman–Crippen MR) is 78.7 cm³/mol. The third-order valence-electron chi connectivity index (χ3n) is 2.69. The van der Waals surface area contributed by atoms with E-state index >= 15 is 0 Å². The minimum Gasteiger partial charge on any atom is -0.384 e. The zero-order chi connectivity index (χ0) is 15.1. The van der Waals surface area contributed by atoms with Gasteiger partial charge in [-0.1, -0.05) is 11.8 Å². The number of pyridine rings is 1. The number of hydrogen-bond acceptors (Lipinski definition) is 4. The highest BCUT2D eigenvalue weighted by Crippen LogP contribution is 2.10. The molecule has 0 spiro atoms. The van der Waals surface area contributed by atoms with Crippen LogP contribution in [0.5, 0.6) is 0 Å². The van der Waals surface area contributed by atoms with Gasteiger partial charge in [-0.25, -0.2) is 13.1 Å². The molecule has 0 saturated heterocycles. The highest BCUT2D eigenvalue weighted by atomic mass is 32.2. The maximum absolute atomic E-state index is 12.1. The number of aliphatic hydroxyl groups excluding tert-OH is 1. The molecule has 1 aromatic carbocycles. The van der Waals surface area contributed by atoms with Crippen LogP contribution in [0.25, 0.3) is 0 Å². The van der Waals surface area contributed by atoms with Crippen LogP contribution in [0.3, 0.4) is 0 Å². The molecule has 0 aliphatic carbocycles. The van der Waals surface area contributed by atoms with E-state index in [1.807, 2.05) is 0 Å². The molecule has 21 heavy (non-hydrogen) atoms. The molecule has 2 N–H and O–H groups in total. The molecule has 0 bridgehead atoms. The van der Waals surface area contributed by atoms with E-state index in [4.69, 9.17) is 5.11 Å². The number of sulfonamides is 1. The Balaban J connectivity index is 2.09. The molecule has 5 nitrogen and oxygen atoms in total. The lowest BCUT2D eigenvalue weighted by Crippen LogP contribution is -2.23. The first-order valence-corrected chi connectivity index (χ1v) is 7.68. The number of benzene rings is 1. The number of hydrogen-bond donors (Lipinski definition) is 2. The summed E-state index contributed by atoms with van der Waals surface area (Å²) in [6, 6.07) is 9.66. The van der Waals surface area contributed by atoms with Crippen LogP contribution in [0.2, 0.25) is 0 Å². The first-order chi connectivity index (χ1) is 10.1. The monoisotopic (exact) mass is 302 g/mol. The fraction of sp³-hybridized carbons (Fsp3) is 0.133. The summed E-state index contributed by atoms with van der Waals surface area (Å²) in [6.07, 6.45) is 3.22. The van der Waals surface area contributed by atoms with Crippen molar-refractivity contribution < 1.29 is 13.5 Å². The summed E-state index contributed by atoms with van der Waals surface area (Å²) in [4.78, 5) is 4.05. The average Bonchev–Trinajstić information content (AvgIpc) is 2.52. The largest absolute Gasteiger partial charge is 0.384 e. The minimum atomic E-state index is -3.56. The molecule has 0 fully saturated rings. The first-order valence-electron chi connectivity index (χ1n) is 6.20. The number of nitrogens with one attached hydrogen (secondary N) is 1. The standard InChI is InChI=1S/C15H14N2O3S/c18-11-1-2-13-3-5-15(6-4-13)21(19,20)17-12-14-7-9-16-10-8-14/h3-10,17-18H,11-12H2. The summed E-state index contributed by atoms with van der Waals surface area (Å²) in [5, 5.41) is 8.61. The van der Waals surface area contributed by atoms with Crippen molar-refractivity contribution in [2.45, 2.75) is 11.4 Å². The molecule has 108 valence electrons. The number of nitrogens with zero attached hydrogens (tertiary/aromatic N) is 1. The van der Waals surface area contributed by atoms with E-state index in [2.05, 4.69) is 21.5 Å². The highest BCUT2D eigenvalue weighted by Gasteiger charge is 2.13. The van der Waals surface area contributed by atoms with Crippen LogP contribution < -0.4 is 4.72 Å². The van der Waals surface area contributed by atoms with E-state index in [-0.39, 0.29) is 18.0 Å². The van der Waals surface area contributed by atoms with Crippen LogP contribution in [-0.4, -0.2) is 25.1 Å². The summed E-state index contributed by atoms with van der Waals surface area (Å²) in [5.41, 5.74) is 1.48. The van der Waals surface area contributed by atoms with Crippen LogP contribution in [0.1, 0.15) is 11.1 Å². The summed E-state index contributed by atoms with van der Waals surface area (Å²) in [7, 11) is -3.56. The van der Waals surface area contributed by atoms with E-state index in [1.165, 1.54) is 12.1 Å². The van der Waals surface area contributed by atoms with Crippen molar-refractivity contribution in [1.82, 2.24) is 9.71 Å². The molecule has 0 unspecified atom stereocenters. The lowest BCUT2D eigenvalue weighted by molar-refractivity contribution is 0.350. The molecular formula is C15H14N2O3S. The van der Waals surface area contributed by atoms with Crippen molar-refractivity contribution in [3.8, 4) is 11.8 Å². The van der Waals surface area contributed by atoms with Gasteiger partial charge in [0.05, 0.1) is 4.90 Å². The maximum Gasteiger partial charge on any atom is 0.240 e. The van der Waals surface area contributed by atoms with Crippen molar-refractivity contribution in [3.63, 3.8) is 0 Å². The smallest absolute Gasteiger partial charge is 0.240 e. The zero-order valence-electron chi connectivity index (χ0n) is 11.2. The normalized spacial score (nSPS) is 10.7. The van der Waals surface area contributed by atoms with Gasteiger partial charge < -0.3 is 5.11 Å². The van der Waals surface area contributed by atoms with Crippen LogP contribution in [0.4, 0.5) is 0 Å². The van der Waals surface area contributed by atoms with Crippen molar-refractivity contribution >= 4 is 10.0 Å². The Labute approximate surface area is 123 Å². The van der Waals surface area contributed by atoms with Gasteiger partial charge in [-0.05, 0) is 42.0 Å². The first kappa shape index (κ1) is 15.2. The molecule has 1 heterocycles. The third-order valence-corrected chi connectivity index (χ3v) is 4.11. The summed E-state index contributed by atoms with van der Waals surface area (Å²) >= 11 is 0. The summed E-state index contributed by atoms with van der Waals surface area (Å²) < 4.78 is 26.8. The minimum absolute atomic E-state index is 0.172. The molecule has 2 rings (SSSR count). The van der Waals surface area contributed by atoms with E-state index in [9.17, 15) is 8.42 Å². The van der Waals surface area contributed by atoms with Gasteiger partial charge in [0, 0.05) is 24.5 Å². The van der Waals surface area contributed by atoms with E-state index < -0.39 is 10.0 Å². The van der Waals surface area contributed by atoms with E-state index in [1.54, 1.807) is 36.7 Å². The van der Waals surface area contributed by atoms with Crippen LogP contribution in [0, 0.1) is 11.8 Å². The van der Waals surface area contributed by atoms with Gasteiger partial charge in [-0.15, -0.1) is 0 Å². The van der Waals surface area contributed by atoms with Crippen molar-refractivity contribution in [2.75, 3.05) is 6.61 Å². The topological polar surface area (TPSA) is 79.3 Å². The average molecular weight is 302 g/mol. The van der Waals surface area contributed by atoms with Crippen molar-refractivity contribution in [1.29, 1.82) is 0 Å². The Morgan fingerprint density at radius 2 is 1.76 bits per heavy atom. The molecule has 2 aromatic rings. The number of aliphatic hydroxyl groups is 1. The molecule has 0 saturated carbocycles. The fourth-order valence-corrected chi connectivity index (χ4v) is 2.64. The second-order valence-electron chi connectivity index (χ2n) is 4.16. The Hall–Kier alpha value is -2.20. The second kappa shape index (κ2) is 6.99. The molecule has 0 aliphatic rings. The van der Waals surface area contributed by atoms with Gasteiger partial charge in [0.15, 0.2) is 0 Å². The lowest BCUT2D eigenvalue weighted by Gasteiger charge is -2.06. The zero-order valence-corrected chi connectivity index (χ0v) is 12.0. The quantitative estimate of drug-likeness (QED) is 0.823. The van der Waals surface area contributed by atoms with E-state index in [0.717, 1.165) is 5.56 Å². The molecule has 0 amide bonds. The maximum atomic E-state index is 12.1. The molecule has 0 aliphatic heterocycles. The number of aromatic nitrogens is 1. The molecule has 0 radical (unpaired) electrons. The van der Waals surface area contributed by atoms with Gasteiger partial charge in [0.1, 0.15) is 6.61 Å². The van der Waals surface area contributed by atoms with Crippen molar-refractivity contribution in [3.05, 3.63) is 59.9 Å². The SMILES string of the molecule is O=S(=O)(NCc1ccncc1)c1ccc(C#CCO)cc1. The van der Waals surface area contributed by atoms with Gasteiger partial charge in [0.2, 0.25) is 10.0 Å².